The SMILES string of the molecule is CC(C)(C)c1ccc2cc(-c3[c]c(C(C)(C)C)c4cc(C(C)(C)C)ccc4c3)[c]c(C(C)(C)C)c2c1. The summed E-state index contributed by atoms with van der Waals surface area (Å²) in [5, 5.41) is 5.17. The highest BCUT2D eigenvalue weighted by Crippen LogP contribution is 2.40. The van der Waals surface area contributed by atoms with Crippen LogP contribution in [0.15, 0.2) is 48.5 Å². The van der Waals surface area contributed by atoms with Crippen molar-refractivity contribution in [3.8, 4) is 11.1 Å². The van der Waals surface area contributed by atoms with Crippen LogP contribution >= 0.6 is 0 Å². The van der Waals surface area contributed by atoms with E-state index in [0.29, 0.717) is 0 Å². The Morgan fingerprint density at radius 1 is 0.417 bits per heavy atom. The second kappa shape index (κ2) is 8.47. The monoisotopic (exact) mass is 476 g/mol. The van der Waals surface area contributed by atoms with Crippen LogP contribution in [0.2, 0.25) is 0 Å². The smallest absolute Gasteiger partial charge is 0.00519 e. The standard InChI is InChI=1S/C36H44/c1-33(2,3)27-15-13-23-17-25(19-31(29(23)21-27)35(7,8)9)26-18-24-14-16-28(34(4,5)6)22-30(24)32(20-26)36(10,11)12/h13-18,21-22H,1-12H3. The average molecular weight is 477 g/mol. The van der Waals surface area contributed by atoms with Crippen LogP contribution in [-0.2, 0) is 21.7 Å². The van der Waals surface area contributed by atoms with Gasteiger partial charge in [0.2, 0.25) is 0 Å². The van der Waals surface area contributed by atoms with Gasteiger partial charge in [-0.3, -0.25) is 0 Å². The molecule has 0 aliphatic rings. The third kappa shape index (κ3) is 5.10. The van der Waals surface area contributed by atoms with Crippen molar-refractivity contribution in [2.45, 2.75) is 105 Å². The number of hydrogen-bond donors (Lipinski definition) is 0. The Labute approximate surface area is 220 Å². The van der Waals surface area contributed by atoms with Gasteiger partial charge in [0.15, 0.2) is 0 Å². The molecule has 0 heteroatoms. The van der Waals surface area contributed by atoms with E-state index >= 15 is 0 Å². The molecule has 0 saturated carbocycles. The first-order valence-corrected chi connectivity index (χ1v) is 13.4. The maximum atomic E-state index is 3.87. The van der Waals surface area contributed by atoms with E-state index in [1.165, 1.54) is 43.8 Å². The minimum Gasteiger partial charge on any atom is -0.0579 e. The second-order valence-electron chi connectivity index (χ2n) is 14.7. The Balaban J connectivity index is 2.02. The summed E-state index contributed by atoms with van der Waals surface area (Å²) in [5.74, 6) is 0. The molecule has 0 N–H and O–H groups in total. The van der Waals surface area contributed by atoms with Crippen molar-refractivity contribution >= 4 is 21.5 Å². The largest absolute Gasteiger partial charge is 0.0579 e. The highest BCUT2D eigenvalue weighted by Gasteiger charge is 2.24. The van der Waals surface area contributed by atoms with Gasteiger partial charge < -0.3 is 0 Å². The molecule has 0 nitrogen and oxygen atoms in total. The molecule has 0 bridgehead atoms. The molecule has 0 aliphatic carbocycles. The lowest BCUT2D eigenvalue weighted by Gasteiger charge is -2.26. The van der Waals surface area contributed by atoms with Crippen LogP contribution < -0.4 is 0 Å². The summed E-state index contributed by atoms with van der Waals surface area (Å²) in [4.78, 5) is 0. The van der Waals surface area contributed by atoms with Crippen LogP contribution in [0.4, 0.5) is 0 Å². The van der Waals surface area contributed by atoms with Crippen LogP contribution in [0.5, 0.6) is 0 Å². The van der Waals surface area contributed by atoms with Gasteiger partial charge in [-0.05, 0) is 101 Å². The first kappa shape index (κ1) is 26.5. The van der Waals surface area contributed by atoms with E-state index < -0.39 is 0 Å². The first-order chi connectivity index (χ1) is 16.4. The van der Waals surface area contributed by atoms with E-state index in [9.17, 15) is 0 Å². The molecule has 0 spiro atoms. The van der Waals surface area contributed by atoms with Gasteiger partial charge >= 0.3 is 0 Å². The van der Waals surface area contributed by atoms with Crippen molar-refractivity contribution < 1.29 is 0 Å². The van der Waals surface area contributed by atoms with E-state index in [1.54, 1.807) is 0 Å². The summed E-state index contributed by atoms with van der Waals surface area (Å²) in [7, 11) is 0. The van der Waals surface area contributed by atoms with Gasteiger partial charge in [-0.2, -0.15) is 0 Å². The number of rotatable bonds is 1. The van der Waals surface area contributed by atoms with Gasteiger partial charge in [0.25, 0.3) is 0 Å². The first-order valence-electron chi connectivity index (χ1n) is 13.4. The van der Waals surface area contributed by atoms with Gasteiger partial charge in [0.05, 0.1) is 0 Å². The molecule has 2 radical (unpaired) electrons. The predicted octanol–water partition coefficient (Wildman–Crippen LogP) is 10.5. The Hall–Kier alpha value is -2.60. The third-order valence-corrected chi connectivity index (χ3v) is 7.29. The molecule has 0 unspecified atom stereocenters. The van der Waals surface area contributed by atoms with Crippen LogP contribution in [0, 0.1) is 12.1 Å². The number of fused-ring (bicyclic) bond motifs is 2. The molecule has 4 aromatic rings. The fourth-order valence-corrected chi connectivity index (χ4v) is 4.99. The molecule has 0 heterocycles. The van der Waals surface area contributed by atoms with E-state index in [0.717, 1.165) is 11.1 Å². The van der Waals surface area contributed by atoms with Gasteiger partial charge in [-0.15, -0.1) is 0 Å². The van der Waals surface area contributed by atoms with Gasteiger partial charge in [0, 0.05) is 0 Å². The average Bonchev–Trinajstić information content (AvgIpc) is 2.74. The number of benzene rings is 4. The molecule has 4 rings (SSSR count). The summed E-state index contributed by atoms with van der Waals surface area (Å²) < 4.78 is 0. The lowest BCUT2D eigenvalue weighted by Crippen LogP contribution is -2.15. The Bertz CT molecular complexity index is 1320. The Morgan fingerprint density at radius 2 is 0.750 bits per heavy atom. The van der Waals surface area contributed by atoms with Gasteiger partial charge in [0.1, 0.15) is 0 Å². The van der Waals surface area contributed by atoms with E-state index in [2.05, 4.69) is 144 Å². The van der Waals surface area contributed by atoms with Gasteiger partial charge in [-0.1, -0.05) is 119 Å². The summed E-state index contributed by atoms with van der Waals surface area (Å²) in [6, 6.07) is 26.3. The summed E-state index contributed by atoms with van der Waals surface area (Å²) in [5.41, 5.74) is 7.72. The van der Waals surface area contributed by atoms with Crippen molar-refractivity contribution in [1.82, 2.24) is 0 Å². The molecular weight excluding hydrogens is 432 g/mol. The fourth-order valence-electron chi connectivity index (χ4n) is 4.99. The quantitative estimate of drug-likeness (QED) is 0.256. The van der Waals surface area contributed by atoms with Crippen molar-refractivity contribution in [3.63, 3.8) is 0 Å². The molecular formula is C36H44. The zero-order chi connectivity index (χ0) is 26.8. The van der Waals surface area contributed by atoms with Crippen LogP contribution in [0.1, 0.15) is 105 Å². The fraction of sp³-hybridized carbons (Fsp3) is 0.444. The molecule has 0 amide bonds. The van der Waals surface area contributed by atoms with E-state index in [-0.39, 0.29) is 21.7 Å². The highest BCUT2D eigenvalue weighted by atomic mass is 14.3. The highest BCUT2D eigenvalue weighted by molar-refractivity contribution is 5.95. The normalized spacial score (nSPS) is 13.6. The third-order valence-electron chi connectivity index (χ3n) is 7.29. The molecule has 0 atom stereocenters. The topological polar surface area (TPSA) is 0 Å². The molecule has 4 aromatic carbocycles. The Kier molecular flexibility index (Phi) is 6.23. The predicted molar refractivity (Wildman–Crippen MR) is 159 cm³/mol. The molecule has 0 fully saturated rings. The summed E-state index contributed by atoms with van der Waals surface area (Å²) in [6.45, 7) is 27.5. The minimum absolute atomic E-state index is 0.0178. The minimum atomic E-state index is -0.0178. The summed E-state index contributed by atoms with van der Waals surface area (Å²) >= 11 is 0. The number of hydrogen-bond acceptors (Lipinski definition) is 0. The second-order valence-corrected chi connectivity index (χ2v) is 14.7. The van der Waals surface area contributed by atoms with Crippen molar-refractivity contribution in [1.29, 1.82) is 0 Å². The van der Waals surface area contributed by atoms with Crippen LogP contribution in [0.3, 0.4) is 0 Å². The molecule has 0 aromatic heterocycles. The van der Waals surface area contributed by atoms with Gasteiger partial charge in [-0.25, -0.2) is 0 Å². The van der Waals surface area contributed by atoms with Crippen molar-refractivity contribution in [3.05, 3.63) is 82.9 Å². The van der Waals surface area contributed by atoms with Crippen LogP contribution in [0.25, 0.3) is 32.7 Å². The summed E-state index contributed by atoms with van der Waals surface area (Å²) in [6.07, 6.45) is 0. The maximum absolute atomic E-state index is 3.87. The molecule has 0 aliphatic heterocycles. The lowest BCUT2D eigenvalue weighted by molar-refractivity contribution is 0.586. The Morgan fingerprint density at radius 3 is 1.03 bits per heavy atom. The zero-order valence-electron chi connectivity index (χ0n) is 24.6. The van der Waals surface area contributed by atoms with Crippen LogP contribution in [-0.4, -0.2) is 0 Å². The molecule has 36 heavy (non-hydrogen) atoms. The maximum Gasteiger partial charge on any atom is -0.00519 e. The van der Waals surface area contributed by atoms with E-state index in [1.807, 2.05) is 0 Å². The lowest BCUT2D eigenvalue weighted by atomic mass is 9.77. The zero-order valence-corrected chi connectivity index (χ0v) is 24.6. The van der Waals surface area contributed by atoms with E-state index in [4.69, 9.17) is 0 Å². The molecule has 188 valence electrons. The van der Waals surface area contributed by atoms with Crippen molar-refractivity contribution in [2.75, 3.05) is 0 Å². The van der Waals surface area contributed by atoms with Crippen molar-refractivity contribution in [2.24, 2.45) is 0 Å². The molecule has 0 saturated heterocycles.